The van der Waals surface area contributed by atoms with Crippen molar-refractivity contribution in [3.05, 3.63) is 63.7 Å². The first kappa shape index (κ1) is 23.2. The number of nitrogens with one attached hydrogen (secondary N) is 1. The van der Waals surface area contributed by atoms with Crippen molar-refractivity contribution in [3.63, 3.8) is 0 Å². The Morgan fingerprint density at radius 2 is 1.76 bits per heavy atom. The first-order chi connectivity index (χ1) is 14.0. The van der Waals surface area contributed by atoms with Crippen LogP contribution in [0.3, 0.4) is 0 Å². The maximum Gasteiger partial charge on any atom is 0.261 e. The summed E-state index contributed by atoms with van der Waals surface area (Å²) in [4.78, 5) is 27.4. The number of ether oxygens (including phenoxy) is 1. The standard InChI is InChI=1S/C23H29IN2O3/c1-3-5-15-25-23(28)21(4-2)26(16-18-9-7-6-8-10-18)22(27)17-29-20-13-11-19(24)12-14-20/h6-14,21H,3-5,15-17H2,1-2H3,(H,25,28)/t21-/m1/s1. The Hall–Kier alpha value is -2.09. The lowest BCUT2D eigenvalue weighted by Crippen LogP contribution is -2.50. The molecule has 0 aliphatic heterocycles. The molecule has 0 bridgehead atoms. The molecule has 0 fully saturated rings. The summed E-state index contributed by atoms with van der Waals surface area (Å²) in [5.41, 5.74) is 0.981. The van der Waals surface area contributed by atoms with Crippen LogP contribution < -0.4 is 10.1 Å². The van der Waals surface area contributed by atoms with E-state index in [-0.39, 0.29) is 18.4 Å². The highest BCUT2D eigenvalue weighted by Gasteiger charge is 2.28. The molecule has 2 amide bonds. The zero-order valence-corrected chi connectivity index (χ0v) is 19.2. The summed E-state index contributed by atoms with van der Waals surface area (Å²) < 4.78 is 6.79. The maximum absolute atomic E-state index is 13.0. The molecule has 0 aliphatic rings. The number of halogens is 1. The van der Waals surface area contributed by atoms with E-state index < -0.39 is 6.04 Å². The third-order valence-corrected chi connectivity index (χ3v) is 5.31. The predicted molar refractivity (Wildman–Crippen MR) is 124 cm³/mol. The molecule has 29 heavy (non-hydrogen) atoms. The Morgan fingerprint density at radius 3 is 2.38 bits per heavy atom. The Bertz CT molecular complexity index is 765. The van der Waals surface area contributed by atoms with E-state index >= 15 is 0 Å². The lowest BCUT2D eigenvalue weighted by atomic mass is 10.1. The molecule has 2 aromatic carbocycles. The van der Waals surface area contributed by atoms with Gasteiger partial charge in [-0.25, -0.2) is 0 Å². The SMILES string of the molecule is CCCCNC(=O)[C@@H](CC)N(Cc1ccccc1)C(=O)COc1ccc(I)cc1. The van der Waals surface area contributed by atoms with Crippen LogP contribution in [0.15, 0.2) is 54.6 Å². The molecule has 6 heteroatoms. The number of benzene rings is 2. The number of hydrogen-bond donors (Lipinski definition) is 1. The summed E-state index contributed by atoms with van der Waals surface area (Å²) in [6.45, 7) is 4.89. The molecule has 0 saturated carbocycles. The minimum absolute atomic E-state index is 0.105. The Morgan fingerprint density at radius 1 is 1.07 bits per heavy atom. The molecule has 156 valence electrons. The minimum atomic E-state index is -0.528. The number of hydrogen-bond acceptors (Lipinski definition) is 3. The van der Waals surface area contributed by atoms with E-state index in [1.165, 1.54) is 0 Å². The van der Waals surface area contributed by atoms with Gasteiger partial charge in [-0.3, -0.25) is 9.59 Å². The minimum Gasteiger partial charge on any atom is -0.484 e. The van der Waals surface area contributed by atoms with Crippen molar-refractivity contribution in [2.75, 3.05) is 13.2 Å². The number of carbonyl (C=O) groups excluding carboxylic acids is 2. The molecular weight excluding hydrogens is 479 g/mol. The average molecular weight is 508 g/mol. The monoisotopic (exact) mass is 508 g/mol. The summed E-state index contributed by atoms with van der Waals surface area (Å²) in [5, 5.41) is 2.96. The van der Waals surface area contributed by atoms with Gasteiger partial charge in [0, 0.05) is 16.7 Å². The maximum atomic E-state index is 13.0. The number of unbranched alkanes of at least 4 members (excludes halogenated alkanes) is 1. The number of rotatable bonds is 11. The van der Waals surface area contributed by atoms with E-state index in [1.807, 2.05) is 61.5 Å². The van der Waals surface area contributed by atoms with Gasteiger partial charge in [0.15, 0.2) is 6.61 Å². The largest absolute Gasteiger partial charge is 0.484 e. The molecule has 5 nitrogen and oxygen atoms in total. The molecular formula is C23H29IN2O3. The van der Waals surface area contributed by atoms with Gasteiger partial charge >= 0.3 is 0 Å². The van der Waals surface area contributed by atoms with E-state index in [0.29, 0.717) is 25.3 Å². The third kappa shape index (κ3) is 7.68. The number of amides is 2. The fraction of sp³-hybridized carbons (Fsp3) is 0.391. The molecule has 2 aromatic rings. The number of carbonyl (C=O) groups is 2. The Labute approximate surface area is 187 Å². The molecule has 1 N–H and O–H groups in total. The van der Waals surface area contributed by atoms with E-state index in [2.05, 4.69) is 34.8 Å². The number of nitrogens with zero attached hydrogens (tertiary/aromatic N) is 1. The van der Waals surface area contributed by atoms with Crippen LogP contribution in [0.4, 0.5) is 0 Å². The van der Waals surface area contributed by atoms with Gasteiger partial charge in [-0.05, 0) is 65.3 Å². The normalized spacial score (nSPS) is 11.6. The van der Waals surface area contributed by atoms with Crippen LogP contribution >= 0.6 is 22.6 Å². The van der Waals surface area contributed by atoms with Gasteiger partial charge in [0.2, 0.25) is 5.91 Å². The highest BCUT2D eigenvalue weighted by molar-refractivity contribution is 14.1. The van der Waals surface area contributed by atoms with E-state index in [9.17, 15) is 9.59 Å². The van der Waals surface area contributed by atoms with Crippen molar-refractivity contribution in [2.45, 2.75) is 45.7 Å². The van der Waals surface area contributed by atoms with Crippen molar-refractivity contribution in [2.24, 2.45) is 0 Å². The zero-order valence-electron chi connectivity index (χ0n) is 17.1. The fourth-order valence-electron chi connectivity index (χ4n) is 2.96. The van der Waals surface area contributed by atoms with Gasteiger partial charge in [0.25, 0.3) is 5.91 Å². The van der Waals surface area contributed by atoms with Crippen LogP contribution in [0.2, 0.25) is 0 Å². The van der Waals surface area contributed by atoms with Crippen molar-refractivity contribution in [3.8, 4) is 5.75 Å². The second kappa shape index (κ2) is 12.5. The first-order valence-corrected chi connectivity index (χ1v) is 11.1. The molecule has 0 radical (unpaired) electrons. The van der Waals surface area contributed by atoms with Crippen LogP contribution in [0.1, 0.15) is 38.7 Å². The van der Waals surface area contributed by atoms with Crippen LogP contribution in [-0.2, 0) is 16.1 Å². The smallest absolute Gasteiger partial charge is 0.261 e. The molecule has 0 aliphatic carbocycles. The van der Waals surface area contributed by atoms with Crippen molar-refractivity contribution < 1.29 is 14.3 Å². The molecule has 0 heterocycles. The van der Waals surface area contributed by atoms with Gasteiger partial charge in [-0.2, -0.15) is 0 Å². The lowest BCUT2D eigenvalue weighted by Gasteiger charge is -2.30. The van der Waals surface area contributed by atoms with Crippen molar-refractivity contribution in [1.82, 2.24) is 10.2 Å². The third-order valence-electron chi connectivity index (χ3n) is 4.59. The summed E-state index contributed by atoms with van der Waals surface area (Å²) in [7, 11) is 0. The second-order valence-electron chi connectivity index (χ2n) is 6.82. The molecule has 0 aromatic heterocycles. The van der Waals surface area contributed by atoms with Crippen LogP contribution in [0, 0.1) is 3.57 Å². The zero-order chi connectivity index (χ0) is 21.1. The molecule has 0 saturated heterocycles. The van der Waals surface area contributed by atoms with Gasteiger partial charge in [0.1, 0.15) is 11.8 Å². The summed E-state index contributed by atoms with van der Waals surface area (Å²) in [6.07, 6.45) is 2.47. The lowest BCUT2D eigenvalue weighted by molar-refractivity contribution is -0.143. The van der Waals surface area contributed by atoms with E-state index in [1.54, 1.807) is 4.90 Å². The molecule has 2 rings (SSSR count). The van der Waals surface area contributed by atoms with E-state index in [4.69, 9.17) is 4.74 Å². The van der Waals surface area contributed by atoms with Gasteiger partial charge < -0.3 is 15.0 Å². The molecule has 0 unspecified atom stereocenters. The molecule has 1 atom stereocenters. The summed E-state index contributed by atoms with van der Waals surface area (Å²) in [6, 6.07) is 16.7. The van der Waals surface area contributed by atoms with Crippen molar-refractivity contribution >= 4 is 34.4 Å². The summed E-state index contributed by atoms with van der Waals surface area (Å²) in [5.74, 6) is 0.322. The quantitative estimate of drug-likeness (QED) is 0.362. The second-order valence-corrected chi connectivity index (χ2v) is 8.06. The Balaban J connectivity index is 2.12. The first-order valence-electron chi connectivity index (χ1n) is 10.0. The highest BCUT2D eigenvalue weighted by atomic mass is 127. The van der Waals surface area contributed by atoms with Gasteiger partial charge in [-0.1, -0.05) is 50.6 Å². The van der Waals surface area contributed by atoms with Gasteiger partial charge in [-0.15, -0.1) is 0 Å². The highest BCUT2D eigenvalue weighted by Crippen LogP contribution is 2.16. The predicted octanol–water partition coefficient (Wildman–Crippen LogP) is 4.39. The average Bonchev–Trinajstić information content (AvgIpc) is 2.74. The topological polar surface area (TPSA) is 58.6 Å². The van der Waals surface area contributed by atoms with E-state index in [0.717, 1.165) is 22.0 Å². The van der Waals surface area contributed by atoms with Gasteiger partial charge in [0.05, 0.1) is 0 Å². The van der Waals surface area contributed by atoms with Crippen molar-refractivity contribution in [1.29, 1.82) is 0 Å². The molecule has 0 spiro atoms. The fourth-order valence-corrected chi connectivity index (χ4v) is 3.32. The summed E-state index contributed by atoms with van der Waals surface area (Å²) >= 11 is 2.22. The van der Waals surface area contributed by atoms with Crippen LogP contribution in [-0.4, -0.2) is 35.9 Å². The van der Waals surface area contributed by atoms with Crippen LogP contribution in [0.25, 0.3) is 0 Å². The Kier molecular flexibility index (Phi) is 9.97. The van der Waals surface area contributed by atoms with Crippen LogP contribution in [0.5, 0.6) is 5.75 Å².